The van der Waals surface area contributed by atoms with Crippen LogP contribution in [0.5, 0.6) is 0 Å². The molecule has 0 aliphatic carbocycles. The smallest absolute Gasteiger partial charge is 0.251 e. The highest BCUT2D eigenvalue weighted by atomic mass is 16.1. The van der Waals surface area contributed by atoms with Crippen LogP contribution in [0.2, 0.25) is 0 Å². The molecule has 0 saturated carbocycles. The first-order chi connectivity index (χ1) is 13.4. The zero-order valence-electron chi connectivity index (χ0n) is 18.1. The van der Waals surface area contributed by atoms with Gasteiger partial charge in [0.15, 0.2) is 5.96 Å². The van der Waals surface area contributed by atoms with Gasteiger partial charge in [-0.15, -0.1) is 0 Å². The third-order valence-electron chi connectivity index (χ3n) is 5.41. The lowest BCUT2D eigenvalue weighted by Gasteiger charge is -2.22. The summed E-state index contributed by atoms with van der Waals surface area (Å²) in [6.07, 6.45) is 2.09. The summed E-state index contributed by atoms with van der Waals surface area (Å²) in [5, 5.41) is 9.90. The fourth-order valence-electron chi connectivity index (χ4n) is 3.42. The lowest BCUT2D eigenvalue weighted by atomic mass is 10.1. The van der Waals surface area contributed by atoms with Crippen LogP contribution in [-0.2, 0) is 6.54 Å². The third kappa shape index (κ3) is 6.51. The van der Waals surface area contributed by atoms with Crippen molar-refractivity contribution in [3.05, 3.63) is 35.4 Å². The summed E-state index contributed by atoms with van der Waals surface area (Å²) >= 11 is 0. The third-order valence-corrected chi connectivity index (χ3v) is 5.41. The number of likely N-dealkylation sites (tertiary alicyclic amines) is 1. The Bertz CT molecular complexity index is 641. The second kappa shape index (κ2) is 11.1. The second-order valence-electron chi connectivity index (χ2n) is 8.01. The minimum Gasteiger partial charge on any atom is -0.352 e. The van der Waals surface area contributed by atoms with Crippen LogP contribution in [0.15, 0.2) is 29.3 Å². The molecule has 156 valence electrons. The maximum Gasteiger partial charge on any atom is 0.251 e. The van der Waals surface area contributed by atoms with E-state index in [1.807, 2.05) is 24.3 Å². The number of carbonyl (C=O) groups is 1. The van der Waals surface area contributed by atoms with E-state index in [4.69, 9.17) is 0 Å². The van der Waals surface area contributed by atoms with Gasteiger partial charge in [-0.2, -0.15) is 0 Å². The molecule has 0 bridgehead atoms. The minimum absolute atomic E-state index is 0.00429. The predicted molar refractivity (Wildman–Crippen MR) is 117 cm³/mol. The van der Waals surface area contributed by atoms with Gasteiger partial charge in [0.25, 0.3) is 5.91 Å². The first kappa shape index (κ1) is 22.2. The highest BCUT2D eigenvalue weighted by Crippen LogP contribution is 2.18. The summed E-state index contributed by atoms with van der Waals surface area (Å²) in [5.41, 5.74) is 1.83. The van der Waals surface area contributed by atoms with Crippen molar-refractivity contribution in [3.8, 4) is 0 Å². The molecule has 0 radical (unpaired) electrons. The Hall–Kier alpha value is -2.08. The number of carbonyl (C=O) groups excluding carboxylic acids is 1. The molecular weight excluding hydrogens is 350 g/mol. The van der Waals surface area contributed by atoms with Crippen molar-refractivity contribution in [3.63, 3.8) is 0 Å². The van der Waals surface area contributed by atoms with Crippen LogP contribution < -0.4 is 16.0 Å². The van der Waals surface area contributed by atoms with Crippen molar-refractivity contribution in [1.29, 1.82) is 0 Å². The molecule has 3 N–H and O–H groups in total. The van der Waals surface area contributed by atoms with Crippen LogP contribution in [0.3, 0.4) is 0 Å². The van der Waals surface area contributed by atoms with E-state index in [-0.39, 0.29) is 5.91 Å². The molecule has 0 aromatic heterocycles. The zero-order chi connectivity index (χ0) is 20.5. The number of nitrogens with zero attached hydrogens (tertiary/aromatic N) is 2. The van der Waals surface area contributed by atoms with E-state index >= 15 is 0 Å². The average Bonchev–Trinajstić information content (AvgIpc) is 3.06. The molecule has 28 heavy (non-hydrogen) atoms. The van der Waals surface area contributed by atoms with Gasteiger partial charge in [-0.25, -0.2) is 0 Å². The summed E-state index contributed by atoms with van der Waals surface area (Å²) < 4.78 is 0. The van der Waals surface area contributed by atoms with Gasteiger partial charge in [-0.1, -0.05) is 32.4 Å². The Morgan fingerprint density at radius 3 is 2.50 bits per heavy atom. The Balaban J connectivity index is 1.82. The van der Waals surface area contributed by atoms with Gasteiger partial charge in [0.2, 0.25) is 0 Å². The normalized spacial score (nSPS) is 20.4. The highest BCUT2D eigenvalue weighted by molar-refractivity contribution is 5.94. The molecule has 1 aromatic rings. The first-order valence-corrected chi connectivity index (χ1v) is 10.5. The minimum atomic E-state index is -0.00429. The van der Waals surface area contributed by atoms with Crippen molar-refractivity contribution in [2.45, 2.75) is 59.2 Å². The van der Waals surface area contributed by atoms with E-state index in [1.54, 1.807) is 7.05 Å². The fraction of sp³-hybridized carbons (Fsp3) is 0.636. The van der Waals surface area contributed by atoms with E-state index in [9.17, 15) is 4.79 Å². The number of amides is 1. The van der Waals surface area contributed by atoms with Gasteiger partial charge in [-0.05, 0) is 43.9 Å². The Morgan fingerprint density at radius 1 is 1.21 bits per heavy atom. The summed E-state index contributed by atoms with van der Waals surface area (Å²) in [5.74, 6) is 1.41. The number of rotatable bonds is 8. The highest BCUT2D eigenvalue weighted by Gasteiger charge is 2.31. The van der Waals surface area contributed by atoms with Crippen LogP contribution >= 0.6 is 0 Å². The van der Waals surface area contributed by atoms with Crippen molar-refractivity contribution in [2.75, 3.05) is 26.7 Å². The standard InChI is InChI=1S/C22H37N5O/c1-6-7-12-24-21(28)19-10-8-18(9-11-19)13-25-22(23-5)26-20-15-27(16(2)3)14-17(20)4/h8-11,16-17,20H,6-7,12-15H2,1-5H3,(H,24,28)(H2,23,25,26). The van der Waals surface area contributed by atoms with Crippen molar-refractivity contribution < 1.29 is 4.79 Å². The zero-order valence-corrected chi connectivity index (χ0v) is 18.1. The lowest BCUT2D eigenvalue weighted by molar-refractivity contribution is 0.0953. The van der Waals surface area contributed by atoms with Gasteiger partial charge >= 0.3 is 0 Å². The van der Waals surface area contributed by atoms with Gasteiger partial charge in [0.1, 0.15) is 0 Å². The SMILES string of the molecule is CCCCNC(=O)c1ccc(CNC(=NC)NC2CN(C(C)C)CC2C)cc1. The topological polar surface area (TPSA) is 68.8 Å². The molecule has 1 saturated heterocycles. The summed E-state index contributed by atoms with van der Waals surface area (Å²) in [6, 6.07) is 8.73. The molecular formula is C22H37N5O. The number of hydrogen-bond donors (Lipinski definition) is 3. The molecule has 2 atom stereocenters. The number of hydrogen-bond acceptors (Lipinski definition) is 3. The molecule has 2 rings (SSSR count). The molecule has 1 heterocycles. The maximum atomic E-state index is 12.1. The van der Waals surface area contributed by atoms with Gasteiger partial charge in [-0.3, -0.25) is 14.7 Å². The average molecular weight is 388 g/mol. The molecule has 1 aliphatic heterocycles. The summed E-state index contributed by atoms with van der Waals surface area (Å²) in [6.45, 7) is 12.5. The quantitative estimate of drug-likeness (QED) is 0.364. The largest absolute Gasteiger partial charge is 0.352 e. The van der Waals surface area contributed by atoms with Crippen molar-refractivity contribution in [2.24, 2.45) is 10.9 Å². The maximum absolute atomic E-state index is 12.1. The van der Waals surface area contributed by atoms with Gasteiger partial charge < -0.3 is 16.0 Å². The fourth-order valence-corrected chi connectivity index (χ4v) is 3.42. The van der Waals surface area contributed by atoms with Crippen LogP contribution in [0.25, 0.3) is 0 Å². The summed E-state index contributed by atoms with van der Waals surface area (Å²) in [7, 11) is 1.80. The van der Waals surface area contributed by atoms with E-state index < -0.39 is 0 Å². The lowest BCUT2D eigenvalue weighted by Crippen LogP contribution is -2.46. The molecule has 1 aromatic carbocycles. The van der Waals surface area contributed by atoms with Crippen molar-refractivity contribution in [1.82, 2.24) is 20.9 Å². The van der Waals surface area contributed by atoms with Crippen LogP contribution in [0.4, 0.5) is 0 Å². The molecule has 1 fully saturated rings. The van der Waals surface area contributed by atoms with E-state index in [0.717, 1.165) is 44.0 Å². The number of guanidine groups is 1. The van der Waals surface area contributed by atoms with Gasteiger partial charge in [0, 0.05) is 50.9 Å². The van der Waals surface area contributed by atoms with Crippen LogP contribution in [-0.4, -0.2) is 55.5 Å². The molecule has 0 spiro atoms. The number of unbranched alkanes of at least 4 members (excludes halogenated alkanes) is 1. The van der Waals surface area contributed by atoms with E-state index in [0.29, 0.717) is 30.1 Å². The predicted octanol–water partition coefficient (Wildman–Crippen LogP) is 2.61. The second-order valence-corrected chi connectivity index (χ2v) is 8.01. The number of nitrogens with one attached hydrogen (secondary N) is 3. The monoisotopic (exact) mass is 387 g/mol. The van der Waals surface area contributed by atoms with E-state index in [2.05, 4.69) is 53.5 Å². The number of benzene rings is 1. The Labute approximate surface area is 170 Å². The number of aliphatic imine (C=N–C) groups is 1. The molecule has 6 heteroatoms. The molecule has 1 aliphatic rings. The van der Waals surface area contributed by atoms with Crippen LogP contribution in [0, 0.1) is 5.92 Å². The molecule has 6 nitrogen and oxygen atoms in total. The first-order valence-electron chi connectivity index (χ1n) is 10.5. The van der Waals surface area contributed by atoms with Crippen molar-refractivity contribution >= 4 is 11.9 Å². The van der Waals surface area contributed by atoms with Crippen LogP contribution in [0.1, 0.15) is 56.5 Å². The molecule has 1 amide bonds. The summed E-state index contributed by atoms with van der Waals surface area (Å²) in [4.78, 5) is 19.0. The van der Waals surface area contributed by atoms with Gasteiger partial charge in [0.05, 0.1) is 0 Å². The Kier molecular flexibility index (Phi) is 8.77. The van der Waals surface area contributed by atoms with E-state index in [1.165, 1.54) is 0 Å². The Morgan fingerprint density at radius 2 is 1.93 bits per heavy atom. The molecule has 2 unspecified atom stereocenters.